The molecule has 112 valence electrons. The molecule has 6 nitrogen and oxygen atoms in total. The maximum absolute atomic E-state index is 12.2. The molecule has 0 radical (unpaired) electrons. The first-order valence-electron chi connectivity index (χ1n) is 6.45. The van der Waals surface area contributed by atoms with Crippen LogP contribution in [0.4, 0.5) is 0 Å². The Balaban J connectivity index is 1.74. The largest absolute Gasteiger partial charge is 0.346 e. The Morgan fingerprint density at radius 2 is 2.36 bits per heavy atom. The SMILES string of the molecule is Cn1cnc(CNC(=O)c2sc(-c3cccnc3)nc2Cl)c1. The monoisotopic (exact) mass is 333 g/mol. The Labute approximate surface area is 135 Å². The summed E-state index contributed by atoms with van der Waals surface area (Å²) in [4.78, 5) is 25.0. The Morgan fingerprint density at radius 3 is 3.05 bits per heavy atom. The van der Waals surface area contributed by atoms with E-state index < -0.39 is 0 Å². The van der Waals surface area contributed by atoms with Gasteiger partial charge in [0.05, 0.1) is 18.6 Å². The van der Waals surface area contributed by atoms with Gasteiger partial charge in [-0.1, -0.05) is 11.6 Å². The van der Waals surface area contributed by atoms with Crippen LogP contribution in [0.15, 0.2) is 37.1 Å². The quantitative estimate of drug-likeness (QED) is 0.796. The van der Waals surface area contributed by atoms with Crippen LogP contribution >= 0.6 is 22.9 Å². The van der Waals surface area contributed by atoms with Crippen LogP contribution in [0.3, 0.4) is 0 Å². The Morgan fingerprint density at radius 1 is 1.50 bits per heavy atom. The van der Waals surface area contributed by atoms with Crippen LogP contribution in [0.1, 0.15) is 15.4 Å². The number of nitrogens with zero attached hydrogens (tertiary/aromatic N) is 4. The van der Waals surface area contributed by atoms with Gasteiger partial charge in [0.1, 0.15) is 9.88 Å². The van der Waals surface area contributed by atoms with Crippen molar-refractivity contribution in [2.75, 3.05) is 0 Å². The summed E-state index contributed by atoms with van der Waals surface area (Å²) in [6.45, 7) is 0.343. The zero-order valence-corrected chi connectivity index (χ0v) is 13.2. The zero-order chi connectivity index (χ0) is 15.5. The molecule has 0 spiro atoms. The molecule has 8 heteroatoms. The smallest absolute Gasteiger partial charge is 0.264 e. The number of aryl methyl sites for hydroxylation is 1. The molecule has 0 aliphatic rings. The highest BCUT2D eigenvalue weighted by Crippen LogP contribution is 2.30. The van der Waals surface area contributed by atoms with E-state index in [9.17, 15) is 4.79 Å². The number of rotatable bonds is 4. The molecule has 0 saturated carbocycles. The molecular formula is C14H12ClN5OS. The van der Waals surface area contributed by atoms with Gasteiger partial charge >= 0.3 is 0 Å². The zero-order valence-electron chi connectivity index (χ0n) is 11.7. The van der Waals surface area contributed by atoms with Crippen molar-refractivity contribution >= 4 is 28.8 Å². The molecule has 1 N–H and O–H groups in total. The van der Waals surface area contributed by atoms with Crippen LogP contribution in [-0.2, 0) is 13.6 Å². The van der Waals surface area contributed by atoms with E-state index in [0.717, 1.165) is 11.3 Å². The van der Waals surface area contributed by atoms with Crippen LogP contribution in [0.5, 0.6) is 0 Å². The maximum atomic E-state index is 12.2. The number of carbonyl (C=O) groups is 1. The molecule has 0 bridgehead atoms. The van der Waals surface area contributed by atoms with Crippen molar-refractivity contribution in [3.05, 3.63) is 52.8 Å². The van der Waals surface area contributed by atoms with E-state index in [4.69, 9.17) is 11.6 Å². The van der Waals surface area contributed by atoms with Crippen LogP contribution < -0.4 is 5.32 Å². The fourth-order valence-electron chi connectivity index (χ4n) is 1.86. The standard InChI is InChI=1S/C14H12ClN5OS/c1-20-7-10(18-8-20)6-17-13(21)11-12(15)19-14(22-11)9-3-2-4-16-5-9/h2-5,7-8H,6H2,1H3,(H,17,21). The Bertz CT molecular complexity index is 799. The lowest BCUT2D eigenvalue weighted by Crippen LogP contribution is -2.22. The van der Waals surface area contributed by atoms with Gasteiger partial charge in [-0.25, -0.2) is 9.97 Å². The molecule has 0 aromatic carbocycles. The van der Waals surface area contributed by atoms with Gasteiger partial charge in [-0.3, -0.25) is 9.78 Å². The summed E-state index contributed by atoms with van der Waals surface area (Å²) in [7, 11) is 1.87. The van der Waals surface area contributed by atoms with Gasteiger partial charge in [0.15, 0.2) is 5.15 Å². The van der Waals surface area contributed by atoms with Crippen molar-refractivity contribution in [1.82, 2.24) is 24.8 Å². The highest BCUT2D eigenvalue weighted by atomic mass is 35.5. The van der Waals surface area contributed by atoms with E-state index in [1.807, 2.05) is 29.9 Å². The van der Waals surface area contributed by atoms with E-state index >= 15 is 0 Å². The number of amides is 1. The lowest BCUT2D eigenvalue weighted by atomic mass is 10.3. The summed E-state index contributed by atoms with van der Waals surface area (Å²) in [5, 5.41) is 3.65. The predicted octanol–water partition coefficient (Wildman–Crippen LogP) is 2.52. The molecule has 22 heavy (non-hydrogen) atoms. The number of thiazole rings is 1. The van der Waals surface area contributed by atoms with Gasteiger partial charge in [-0.2, -0.15) is 0 Å². The highest BCUT2D eigenvalue weighted by Gasteiger charge is 2.17. The summed E-state index contributed by atoms with van der Waals surface area (Å²) >= 11 is 7.31. The van der Waals surface area contributed by atoms with Crippen molar-refractivity contribution < 1.29 is 4.79 Å². The van der Waals surface area contributed by atoms with E-state index in [1.54, 1.807) is 18.7 Å². The number of pyridine rings is 1. The van der Waals surface area contributed by atoms with Gasteiger partial charge in [0.2, 0.25) is 0 Å². The third kappa shape index (κ3) is 3.15. The van der Waals surface area contributed by atoms with Crippen LogP contribution in [0.25, 0.3) is 10.6 Å². The lowest BCUT2D eigenvalue weighted by molar-refractivity contribution is 0.0954. The van der Waals surface area contributed by atoms with E-state index in [-0.39, 0.29) is 11.1 Å². The van der Waals surface area contributed by atoms with Gasteiger partial charge < -0.3 is 9.88 Å². The molecule has 0 unspecified atom stereocenters. The van der Waals surface area contributed by atoms with Gasteiger partial charge in [0.25, 0.3) is 5.91 Å². The van der Waals surface area contributed by atoms with Gasteiger partial charge in [0, 0.05) is 31.2 Å². The number of aromatic nitrogens is 4. The summed E-state index contributed by atoms with van der Waals surface area (Å²) < 4.78 is 1.82. The fraction of sp³-hybridized carbons (Fsp3) is 0.143. The average molecular weight is 334 g/mol. The van der Waals surface area contributed by atoms with Crippen molar-refractivity contribution in [3.8, 4) is 10.6 Å². The van der Waals surface area contributed by atoms with Crippen molar-refractivity contribution in [3.63, 3.8) is 0 Å². The van der Waals surface area contributed by atoms with E-state index in [2.05, 4.69) is 20.3 Å². The Hall–Kier alpha value is -2.25. The molecule has 0 aliphatic carbocycles. The van der Waals surface area contributed by atoms with Crippen LogP contribution in [-0.4, -0.2) is 25.4 Å². The fourth-order valence-corrected chi connectivity index (χ4v) is 3.06. The second kappa shape index (κ2) is 6.25. The minimum absolute atomic E-state index is 0.197. The molecule has 0 aliphatic heterocycles. The Kier molecular flexibility index (Phi) is 4.17. The maximum Gasteiger partial charge on any atom is 0.264 e. The van der Waals surface area contributed by atoms with Crippen molar-refractivity contribution in [2.45, 2.75) is 6.54 Å². The molecular weight excluding hydrogens is 322 g/mol. The topological polar surface area (TPSA) is 72.7 Å². The highest BCUT2D eigenvalue weighted by molar-refractivity contribution is 7.17. The second-order valence-corrected chi connectivity index (χ2v) is 5.95. The first kappa shape index (κ1) is 14.7. The molecule has 0 saturated heterocycles. The summed E-state index contributed by atoms with van der Waals surface area (Å²) in [6, 6.07) is 3.68. The molecule has 1 amide bonds. The van der Waals surface area contributed by atoms with Crippen LogP contribution in [0.2, 0.25) is 5.15 Å². The predicted molar refractivity (Wildman–Crippen MR) is 84.7 cm³/mol. The molecule has 0 fully saturated rings. The summed E-state index contributed by atoms with van der Waals surface area (Å²) in [5.41, 5.74) is 1.61. The molecule has 3 aromatic heterocycles. The minimum atomic E-state index is -0.261. The molecule has 0 atom stereocenters. The number of nitrogens with one attached hydrogen (secondary N) is 1. The van der Waals surface area contributed by atoms with Crippen molar-refractivity contribution in [1.29, 1.82) is 0 Å². The molecule has 3 rings (SSSR count). The van der Waals surface area contributed by atoms with Gasteiger partial charge in [-0.05, 0) is 12.1 Å². The average Bonchev–Trinajstić information content (AvgIpc) is 3.12. The van der Waals surface area contributed by atoms with E-state index in [0.29, 0.717) is 16.4 Å². The lowest BCUT2D eigenvalue weighted by Gasteiger charge is -2.00. The van der Waals surface area contributed by atoms with E-state index in [1.165, 1.54) is 11.3 Å². The first-order chi connectivity index (χ1) is 10.6. The van der Waals surface area contributed by atoms with Crippen molar-refractivity contribution in [2.24, 2.45) is 7.05 Å². The minimum Gasteiger partial charge on any atom is -0.346 e. The number of hydrogen-bond acceptors (Lipinski definition) is 5. The molecule has 3 aromatic rings. The van der Waals surface area contributed by atoms with Gasteiger partial charge in [-0.15, -0.1) is 11.3 Å². The first-order valence-corrected chi connectivity index (χ1v) is 7.64. The number of imidazole rings is 1. The number of hydrogen-bond donors (Lipinski definition) is 1. The third-order valence-corrected chi connectivity index (χ3v) is 4.38. The second-order valence-electron chi connectivity index (χ2n) is 4.59. The summed E-state index contributed by atoms with van der Waals surface area (Å²) in [6.07, 6.45) is 6.89. The normalized spacial score (nSPS) is 10.6. The third-order valence-electron chi connectivity index (χ3n) is 2.89. The summed E-state index contributed by atoms with van der Waals surface area (Å²) in [5.74, 6) is -0.261. The number of carbonyl (C=O) groups excluding carboxylic acids is 1. The number of halogens is 1. The van der Waals surface area contributed by atoms with Crippen LogP contribution in [0, 0.1) is 0 Å². The molecule has 3 heterocycles.